The summed E-state index contributed by atoms with van der Waals surface area (Å²) < 4.78 is 24.0. The number of carbonyl (C=O) groups excluding carboxylic acids is 1. The van der Waals surface area contributed by atoms with Gasteiger partial charge in [-0.2, -0.15) is 0 Å². The van der Waals surface area contributed by atoms with Crippen LogP contribution in [0.4, 0.5) is 0 Å². The summed E-state index contributed by atoms with van der Waals surface area (Å²) >= 11 is 0. The van der Waals surface area contributed by atoms with E-state index in [4.69, 9.17) is 5.11 Å². The van der Waals surface area contributed by atoms with Gasteiger partial charge in [-0.05, 0) is 25.0 Å². The molecule has 0 aliphatic carbocycles. The zero-order chi connectivity index (χ0) is 15.5. The molecule has 6 nitrogen and oxygen atoms in total. The van der Waals surface area contributed by atoms with Crippen LogP contribution in [0.3, 0.4) is 0 Å². The van der Waals surface area contributed by atoms with Gasteiger partial charge in [0.1, 0.15) is 6.04 Å². The van der Waals surface area contributed by atoms with Crippen molar-refractivity contribution in [3.63, 3.8) is 0 Å². The molecule has 2 rings (SSSR count). The smallest absolute Gasteiger partial charge is 0.326 e. The number of aliphatic carboxylic acids is 1. The Hall–Kier alpha value is -2.15. The van der Waals surface area contributed by atoms with Crippen LogP contribution in [0.2, 0.25) is 0 Å². The van der Waals surface area contributed by atoms with Crippen molar-refractivity contribution in [2.75, 3.05) is 6.54 Å². The third kappa shape index (κ3) is 3.49. The van der Waals surface area contributed by atoms with Gasteiger partial charge in [-0.25, -0.2) is 13.2 Å². The van der Waals surface area contributed by atoms with Crippen LogP contribution in [0, 0.1) is 0 Å². The first-order valence-corrected chi connectivity index (χ1v) is 7.98. The Bertz CT molecular complexity index is 666. The normalized spacial score (nSPS) is 19.0. The highest BCUT2D eigenvalue weighted by molar-refractivity contribution is 7.94. The summed E-state index contributed by atoms with van der Waals surface area (Å²) in [4.78, 5) is 24.2. The maximum Gasteiger partial charge on any atom is 0.326 e. The van der Waals surface area contributed by atoms with Crippen molar-refractivity contribution < 1.29 is 23.1 Å². The highest BCUT2D eigenvalue weighted by Gasteiger charge is 2.33. The van der Waals surface area contributed by atoms with Gasteiger partial charge >= 0.3 is 5.97 Å². The van der Waals surface area contributed by atoms with Crippen molar-refractivity contribution in [1.29, 1.82) is 0 Å². The van der Waals surface area contributed by atoms with Crippen LogP contribution >= 0.6 is 0 Å². The lowest BCUT2D eigenvalue weighted by Crippen LogP contribution is -2.39. The highest BCUT2D eigenvalue weighted by atomic mass is 32.2. The fourth-order valence-corrected chi connectivity index (χ4v) is 3.21. The van der Waals surface area contributed by atoms with Crippen molar-refractivity contribution in [2.45, 2.75) is 23.8 Å². The SMILES string of the molecule is O=C(O)[C@@H]1CCCN1C(=O)/C=C/S(=O)(=O)c1ccccc1. The molecule has 1 aromatic rings. The molecule has 0 radical (unpaired) electrons. The van der Waals surface area contributed by atoms with Crippen molar-refractivity contribution in [3.05, 3.63) is 41.8 Å². The van der Waals surface area contributed by atoms with Gasteiger partial charge in [-0.1, -0.05) is 18.2 Å². The molecule has 21 heavy (non-hydrogen) atoms. The third-order valence-corrected chi connectivity index (χ3v) is 4.71. The largest absolute Gasteiger partial charge is 0.480 e. The van der Waals surface area contributed by atoms with Crippen LogP contribution < -0.4 is 0 Å². The zero-order valence-electron chi connectivity index (χ0n) is 11.2. The first-order chi connectivity index (χ1) is 9.92. The lowest BCUT2D eigenvalue weighted by molar-refractivity contribution is -0.146. The van der Waals surface area contributed by atoms with Gasteiger partial charge in [0.25, 0.3) is 0 Å². The molecule has 7 heteroatoms. The number of carbonyl (C=O) groups is 2. The maximum absolute atomic E-state index is 12.0. The molecule has 0 unspecified atom stereocenters. The molecule has 0 bridgehead atoms. The van der Waals surface area contributed by atoms with E-state index in [2.05, 4.69) is 0 Å². The number of likely N-dealkylation sites (tertiary alicyclic amines) is 1. The summed E-state index contributed by atoms with van der Waals surface area (Å²) in [5.41, 5.74) is 0. The molecule has 0 saturated carbocycles. The second kappa shape index (κ2) is 6.09. The van der Waals surface area contributed by atoms with Crippen molar-refractivity contribution in [3.8, 4) is 0 Å². The van der Waals surface area contributed by atoms with Crippen LogP contribution in [-0.4, -0.2) is 42.9 Å². The Morgan fingerprint density at radius 2 is 1.90 bits per heavy atom. The Labute approximate surface area is 122 Å². The molecular weight excluding hydrogens is 294 g/mol. The molecule has 0 spiro atoms. The Morgan fingerprint density at radius 1 is 1.24 bits per heavy atom. The first kappa shape index (κ1) is 15.2. The molecule has 1 heterocycles. The van der Waals surface area contributed by atoms with Crippen LogP contribution in [-0.2, 0) is 19.4 Å². The number of carboxylic acids is 1. The number of rotatable bonds is 4. The molecule has 1 amide bonds. The van der Waals surface area contributed by atoms with E-state index in [1.807, 2.05) is 0 Å². The van der Waals surface area contributed by atoms with Gasteiger partial charge in [0.05, 0.1) is 4.90 Å². The molecular formula is C14H15NO5S. The molecule has 1 fully saturated rings. The second-order valence-corrected chi connectivity index (χ2v) is 6.52. The first-order valence-electron chi connectivity index (χ1n) is 6.43. The van der Waals surface area contributed by atoms with Gasteiger partial charge in [0, 0.05) is 18.0 Å². The number of benzene rings is 1. The highest BCUT2D eigenvalue weighted by Crippen LogP contribution is 2.18. The summed E-state index contributed by atoms with van der Waals surface area (Å²) in [6, 6.07) is 6.85. The molecule has 1 atom stereocenters. The molecule has 1 aliphatic heterocycles. The Morgan fingerprint density at radius 3 is 2.52 bits per heavy atom. The summed E-state index contributed by atoms with van der Waals surface area (Å²) in [5.74, 6) is -1.67. The van der Waals surface area contributed by atoms with Crippen LogP contribution in [0.25, 0.3) is 0 Å². The fourth-order valence-electron chi connectivity index (χ4n) is 2.22. The molecule has 0 aromatic heterocycles. The molecule has 112 valence electrons. The minimum Gasteiger partial charge on any atom is -0.480 e. The predicted octanol–water partition coefficient (Wildman–Crippen LogP) is 1.05. The van der Waals surface area contributed by atoms with Crippen molar-refractivity contribution >= 4 is 21.7 Å². The number of hydrogen-bond acceptors (Lipinski definition) is 4. The predicted molar refractivity (Wildman–Crippen MR) is 75.1 cm³/mol. The quantitative estimate of drug-likeness (QED) is 0.839. The maximum atomic E-state index is 12.0. The van der Waals surface area contributed by atoms with Gasteiger partial charge < -0.3 is 10.0 Å². The molecule has 1 aliphatic rings. The minimum absolute atomic E-state index is 0.0882. The fraction of sp³-hybridized carbons (Fsp3) is 0.286. The van der Waals surface area contributed by atoms with E-state index in [9.17, 15) is 18.0 Å². The Balaban J connectivity index is 2.14. The molecule has 1 saturated heterocycles. The summed E-state index contributed by atoms with van der Waals surface area (Å²) in [6.07, 6.45) is 1.91. The average molecular weight is 309 g/mol. The van der Waals surface area contributed by atoms with Gasteiger partial charge in [0.2, 0.25) is 5.91 Å². The zero-order valence-corrected chi connectivity index (χ0v) is 12.0. The number of hydrogen-bond donors (Lipinski definition) is 1. The minimum atomic E-state index is -3.70. The van der Waals surface area contributed by atoms with E-state index in [0.29, 0.717) is 19.4 Å². The van der Waals surface area contributed by atoms with E-state index < -0.39 is 27.8 Å². The number of sulfone groups is 1. The van der Waals surface area contributed by atoms with Gasteiger partial charge in [-0.3, -0.25) is 4.79 Å². The van der Waals surface area contributed by atoms with E-state index in [1.54, 1.807) is 18.2 Å². The van der Waals surface area contributed by atoms with Crippen molar-refractivity contribution in [2.24, 2.45) is 0 Å². The Kier molecular flexibility index (Phi) is 4.42. The number of carboxylic acid groups (broad SMARTS) is 1. The van der Waals surface area contributed by atoms with Crippen molar-refractivity contribution in [1.82, 2.24) is 4.90 Å². The second-order valence-electron chi connectivity index (χ2n) is 4.69. The summed E-state index contributed by atoms with van der Waals surface area (Å²) in [6.45, 7) is 0.325. The van der Waals surface area contributed by atoms with E-state index in [0.717, 1.165) is 11.5 Å². The monoisotopic (exact) mass is 309 g/mol. The molecule has 1 N–H and O–H groups in total. The van der Waals surface area contributed by atoms with E-state index in [1.165, 1.54) is 17.0 Å². The standard InChI is InChI=1S/C14H15NO5S/c16-13(15-9-4-7-12(15)14(17)18)8-10-21(19,20)11-5-2-1-3-6-11/h1-3,5-6,8,10,12H,4,7,9H2,(H,17,18)/b10-8+/t12-/m0/s1. The number of nitrogens with zero attached hydrogens (tertiary/aromatic N) is 1. The topological polar surface area (TPSA) is 91.8 Å². The summed E-state index contributed by atoms with van der Waals surface area (Å²) in [5, 5.41) is 9.82. The van der Waals surface area contributed by atoms with Crippen LogP contribution in [0.5, 0.6) is 0 Å². The third-order valence-electron chi connectivity index (χ3n) is 3.28. The van der Waals surface area contributed by atoms with Gasteiger partial charge in [-0.15, -0.1) is 0 Å². The molecule has 1 aromatic carbocycles. The van der Waals surface area contributed by atoms with Crippen LogP contribution in [0.15, 0.2) is 46.7 Å². The van der Waals surface area contributed by atoms with Crippen LogP contribution in [0.1, 0.15) is 12.8 Å². The van der Waals surface area contributed by atoms with E-state index in [-0.39, 0.29) is 4.90 Å². The number of amides is 1. The lowest BCUT2D eigenvalue weighted by atomic mass is 10.2. The lowest BCUT2D eigenvalue weighted by Gasteiger charge is -2.19. The average Bonchev–Trinajstić information content (AvgIpc) is 2.95. The van der Waals surface area contributed by atoms with Gasteiger partial charge in [0.15, 0.2) is 9.84 Å². The summed E-state index contributed by atoms with van der Waals surface area (Å²) in [7, 11) is -3.70. The van der Waals surface area contributed by atoms with E-state index >= 15 is 0 Å².